The molecule has 1 saturated carbocycles. The standard InChI is InChI=1S/C14H28/c1-7-12(6)14(8-2,10(3)4)13-9-11(13)5/h10-13H,7-9H2,1-6H3. The van der Waals surface area contributed by atoms with Crippen LogP contribution in [0.25, 0.3) is 0 Å². The minimum absolute atomic E-state index is 0.633. The molecule has 1 fully saturated rings. The molecule has 1 aliphatic carbocycles. The Labute approximate surface area is 90.5 Å². The Hall–Kier alpha value is 0. The van der Waals surface area contributed by atoms with E-state index in [1.807, 2.05) is 0 Å². The third-order valence-electron chi connectivity index (χ3n) is 5.02. The van der Waals surface area contributed by atoms with Crippen LogP contribution in [-0.4, -0.2) is 0 Å². The zero-order chi connectivity index (χ0) is 10.9. The molecular formula is C14H28. The van der Waals surface area contributed by atoms with Crippen molar-refractivity contribution in [2.75, 3.05) is 0 Å². The lowest BCUT2D eigenvalue weighted by Crippen LogP contribution is -2.36. The normalized spacial score (nSPS) is 32.8. The van der Waals surface area contributed by atoms with Crippen molar-refractivity contribution in [3.05, 3.63) is 0 Å². The monoisotopic (exact) mass is 196 g/mol. The Morgan fingerprint density at radius 2 is 1.71 bits per heavy atom. The summed E-state index contributed by atoms with van der Waals surface area (Å²) in [6, 6.07) is 0. The highest BCUT2D eigenvalue weighted by atomic mass is 14.6. The first kappa shape index (κ1) is 12.1. The summed E-state index contributed by atoms with van der Waals surface area (Å²) in [5.41, 5.74) is 0.633. The summed E-state index contributed by atoms with van der Waals surface area (Å²) in [6.07, 6.45) is 4.19. The van der Waals surface area contributed by atoms with Crippen LogP contribution >= 0.6 is 0 Å². The van der Waals surface area contributed by atoms with Crippen LogP contribution in [-0.2, 0) is 0 Å². The maximum atomic E-state index is 2.47. The first-order chi connectivity index (χ1) is 6.50. The molecule has 1 rings (SSSR count). The van der Waals surface area contributed by atoms with E-state index in [0.717, 1.165) is 23.7 Å². The lowest BCUT2D eigenvalue weighted by Gasteiger charge is -2.43. The Morgan fingerprint density at radius 3 is 1.93 bits per heavy atom. The quantitative estimate of drug-likeness (QED) is 0.595. The summed E-state index contributed by atoms with van der Waals surface area (Å²) in [5, 5.41) is 0. The van der Waals surface area contributed by atoms with Gasteiger partial charge in [-0.2, -0.15) is 0 Å². The van der Waals surface area contributed by atoms with Crippen LogP contribution in [0.4, 0.5) is 0 Å². The number of hydrogen-bond acceptors (Lipinski definition) is 0. The van der Waals surface area contributed by atoms with E-state index in [9.17, 15) is 0 Å². The van der Waals surface area contributed by atoms with E-state index in [1.54, 1.807) is 0 Å². The molecule has 0 aromatic carbocycles. The van der Waals surface area contributed by atoms with E-state index in [1.165, 1.54) is 19.3 Å². The van der Waals surface area contributed by atoms with E-state index >= 15 is 0 Å². The lowest BCUT2D eigenvalue weighted by molar-refractivity contribution is 0.0557. The van der Waals surface area contributed by atoms with Crippen LogP contribution in [0.3, 0.4) is 0 Å². The second-order valence-corrected chi connectivity index (χ2v) is 5.75. The second kappa shape index (κ2) is 4.24. The highest BCUT2D eigenvalue weighted by Gasteiger charge is 2.52. The predicted octanol–water partition coefficient (Wildman–Crippen LogP) is 4.74. The van der Waals surface area contributed by atoms with Crippen LogP contribution < -0.4 is 0 Å². The van der Waals surface area contributed by atoms with Gasteiger partial charge in [-0.05, 0) is 41.9 Å². The molecule has 0 nitrogen and oxygen atoms in total. The first-order valence-corrected chi connectivity index (χ1v) is 6.50. The molecule has 4 atom stereocenters. The van der Waals surface area contributed by atoms with Gasteiger partial charge in [-0.15, -0.1) is 0 Å². The summed E-state index contributed by atoms with van der Waals surface area (Å²) in [5.74, 6) is 3.74. The fourth-order valence-electron chi connectivity index (χ4n) is 3.83. The second-order valence-electron chi connectivity index (χ2n) is 5.75. The van der Waals surface area contributed by atoms with Gasteiger partial charge >= 0.3 is 0 Å². The van der Waals surface area contributed by atoms with Crippen LogP contribution in [0.1, 0.15) is 60.8 Å². The van der Waals surface area contributed by atoms with Crippen LogP contribution in [0, 0.1) is 29.1 Å². The van der Waals surface area contributed by atoms with E-state index < -0.39 is 0 Å². The fraction of sp³-hybridized carbons (Fsp3) is 1.00. The Balaban J connectivity index is 2.86. The molecule has 0 saturated heterocycles. The number of rotatable bonds is 5. The van der Waals surface area contributed by atoms with Crippen LogP contribution in [0.5, 0.6) is 0 Å². The third kappa shape index (κ3) is 1.73. The maximum Gasteiger partial charge on any atom is -0.0221 e. The summed E-state index contributed by atoms with van der Waals surface area (Å²) < 4.78 is 0. The van der Waals surface area contributed by atoms with Gasteiger partial charge in [0, 0.05) is 0 Å². The summed E-state index contributed by atoms with van der Waals surface area (Å²) in [4.78, 5) is 0. The third-order valence-corrected chi connectivity index (χ3v) is 5.02. The molecule has 0 heterocycles. The average Bonchev–Trinajstić information content (AvgIpc) is 2.84. The Morgan fingerprint density at radius 1 is 1.21 bits per heavy atom. The molecular weight excluding hydrogens is 168 g/mol. The van der Waals surface area contributed by atoms with Gasteiger partial charge in [0.25, 0.3) is 0 Å². The molecule has 4 unspecified atom stereocenters. The van der Waals surface area contributed by atoms with E-state index in [0.29, 0.717) is 5.41 Å². The molecule has 0 amide bonds. The zero-order valence-corrected chi connectivity index (χ0v) is 10.9. The summed E-state index contributed by atoms with van der Waals surface area (Å²) in [6.45, 7) is 14.5. The van der Waals surface area contributed by atoms with Gasteiger partial charge in [0.15, 0.2) is 0 Å². The minimum Gasteiger partial charge on any atom is -0.0651 e. The molecule has 14 heavy (non-hydrogen) atoms. The summed E-state index contributed by atoms with van der Waals surface area (Å²) in [7, 11) is 0. The van der Waals surface area contributed by atoms with Gasteiger partial charge in [0.2, 0.25) is 0 Å². The van der Waals surface area contributed by atoms with Crippen LogP contribution in [0.15, 0.2) is 0 Å². The SMILES string of the molecule is CCC(C)C(CC)(C(C)C)C1CC1C. The van der Waals surface area contributed by atoms with Gasteiger partial charge in [-0.1, -0.05) is 48.0 Å². The lowest BCUT2D eigenvalue weighted by atomic mass is 9.62. The molecule has 84 valence electrons. The molecule has 0 heteroatoms. The molecule has 0 aromatic rings. The Kier molecular flexibility index (Phi) is 3.66. The van der Waals surface area contributed by atoms with Crippen molar-refractivity contribution < 1.29 is 0 Å². The molecule has 0 N–H and O–H groups in total. The van der Waals surface area contributed by atoms with Crippen molar-refractivity contribution in [2.24, 2.45) is 29.1 Å². The Bertz CT molecular complexity index is 176. The van der Waals surface area contributed by atoms with Crippen LogP contribution in [0.2, 0.25) is 0 Å². The van der Waals surface area contributed by atoms with E-state index in [4.69, 9.17) is 0 Å². The van der Waals surface area contributed by atoms with Gasteiger partial charge in [0.05, 0.1) is 0 Å². The van der Waals surface area contributed by atoms with Crippen molar-refractivity contribution in [2.45, 2.75) is 60.8 Å². The first-order valence-electron chi connectivity index (χ1n) is 6.50. The van der Waals surface area contributed by atoms with Crippen molar-refractivity contribution in [1.29, 1.82) is 0 Å². The zero-order valence-electron chi connectivity index (χ0n) is 10.9. The van der Waals surface area contributed by atoms with Gasteiger partial charge in [-0.25, -0.2) is 0 Å². The molecule has 0 aliphatic heterocycles. The van der Waals surface area contributed by atoms with E-state index in [-0.39, 0.29) is 0 Å². The molecule has 1 aliphatic rings. The van der Waals surface area contributed by atoms with Crippen molar-refractivity contribution >= 4 is 0 Å². The molecule has 0 bridgehead atoms. The summed E-state index contributed by atoms with van der Waals surface area (Å²) >= 11 is 0. The molecule has 0 radical (unpaired) electrons. The van der Waals surface area contributed by atoms with Gasteiger partial charge in [0.1, 0.15) is 0 Å². The largest absolute Gasteiger partial charge is 0.0651 e. The maximum absolute atomic E-state index is 2.47. The molecule has 0 spiro atoms. The minimum atomic E-state index is 0.633. The van der Waals surface area contributed by atoms with Gasteiger partial charge in [-0.3, -0.25) is 0 Å². The predicted molar refractivity (Wildman–Crippen MR) is 64.3 cm³/mol. The van der Waals surface area contributed by atoms with Gasteiger partial charge < -0.3 is 0 Å². The van der Waals surface area contributed by atoms with Crippen molar-refractivity contribution in [3.8, 4) is 0 Å². The highest BCUT2D eigenvalue weighted by molar-refractivity contribution is 5.01. The smallest absolute Gasteiger partial charge is 0.0221 e. The van der Waals surface area contributed by atoms with Crippen molar-refractivity contribution in [1.82, 2.24) is 0 Å². The highest BCUT2D eigenvalue weighted by Crippen LogP contribution is 2.60. The van der Waals surface area contributed by atoms with Crippen molar-refractivity contribution in [3.63, 3.8) is 0 Å². The van der Waals surface area contributed by atoms with E-state index in [2.05, 4.69) is 41.5 Å². The average molecular weight is 196 g/mol. The molecule has 0 aromatic heterocycles. The topological polar surface area (TPSA) is 0 Å². The fourth-order valence-corrected chi connectivity index (χ4v) is 3.83. The number of hydrogen-bond donors (Lipinski definition) is 0.